The number of methoxy groups -OCH3 is 1. The SMILES string of the molecule is CCc1ccc(OCCn2c(CCCCCNC(=O)Cc3ccc(OC)cc3)nc3ccccc32)cc1. The van der Waals surface area contributed by atoms with E-state index in [2.05, 4.69) is 47.1 Å². The van der Waals surface area contributed by atoms with Gasteiger partial charge in [0.2, 0.25) is 5.91 Å². The number of nitrogens with one attached hydrogen (secondary N) is 1. The highest BCUT2D eigenvalue weighted by Crippen LogP contribution is 2.19. The number of nitrogens with zero attached hydrogens (tertiary/aromatic N) is 2. The summed E-state index contributed by atoms with van der Waals surface area (Å²) in [6.07, 6.45) is 5.33. The van der Waals surface area contributed by atoms with E-state index in [0.29, 0.717) is 19.6 Å². The highest BCUT2D eigenvalue weighted by atomic mass is 16.5. The lowest BCUT2D eigenvalue weighted by atomic mass is 10.1. The molecule has 0 saturated heterocycles. The summed E-state index contributed by atoms with van der Waals surface area (Å²) < 4.78 is 13.5. The fraction of sp³-hybridized carbons (Fsp3) is 0.355. The van der Waals surface area contributed by atoms with Gasteiger partial charge in [0.15, 0.2) is 0 Å². The molecule has 0 bridgehead atoms. The number of aromatic nitrogens is 2. The molecule has 194 valence electrons. The van der Waals surface area contributed by atoms with Crippen LogP contribution in [0.5, 0.6) is 11.5 Å². The Morgan fingerprint density at radius 2 is 1.62 bits per heavy atom. The minimum absolute atomic E-state index is 0.0521. The Balaban J connectivity index is 1.22. The standard InChI is InChI=1S/C31H37N3O3/c1-3-24-12-18-27(19-13-24)37-22-21-34-29-10-7-6-9-28(29)33-30(34)11-5-4-8-20-32-31(35)23-25-14-16-26(36-2)17-15-25/h6-7,9-10,12-19H,3-5,8,11,20-23H2,1-2H3,(H,32,35). The number of rotatable bonds is 14. The minimum Gasteiger partial charge on any atom is -0.497 e. The first-order valence-corrected chi connectivity index (χ1v) is 13.2. The van der Waals surface area contributed by atoms with E-state index in [-0.39, 0.29) is 5.91 Å². The molecule has 37 heavy (non-hydrogen) atoms. The lowest BCUT2D eigenvalue weighted by Crippen LogP contribution is -2.26. The van der Waals surface area contributed by atoms with Crippen LogP contribution in [-0.4, -0.2) is 35.7 Å². The summed E-state index contributed by atoms with van der Waals surface area (Å²) in [5, 5.41) is 3.03. The van der Waals surface area contributed by atoms with Crippen molar-refractivity contribution in [2.45, 2.75) is 52.0 Å². The Morgan fingerprint density at radius 3 is 2.38 bits per heavy atom. The molecule has 4 aromatic rings. The molecule has 0 saturated carbocycles. The quantitative estimate of drug-likeness (QED) is 0.224. The van der Waals surface area contributed by atoms with Gasteiger partial charge in [0.25, 0.3) is 0 Å². The van der Waals surface area contributed by atoms with Crippen LogP contribution in [0.15, 0.2) is 72.8 Å². The third-order valence-electron chi connectivity index (χ3n) is 6.57. The van der Waals surface area contributed by atoms with E-state index in [1.165, 1.54) is 5.56 Å². The second-order valence-electron chi connectivity index (χ2n) is 9.20. The van der Waals surface area contributed by atoms with Crippen LogP contribution in [0.3, 0.4) is 0 Å². The van der Waals surface area contributed by atoms with Crippen LogP contribution >= 0.6 is 0 Å². The molecule has 6 nitrogen and oxygen atoms in total. The fourth-order valence-corrected chi connectivity index (χ4v) is 4.45. The number of carbonyl (C=O) groups excluding carboxylic acids is 1. The number of ether oxygens (including phenoxy) is 2. The van der Waals surface area contributed by atoms with Gasteiger partial charge in [-0.05, 0) is 66.8 Å². The topological polar surface area (TPSA) is 65.4 Å². The molecule has 6 heteroatoms. The van der Waals surface area contributed by atoms with Crippen molar-refractivity contribution in [3.8, 4) is 11.5 Å². The van der Waals surface area contributed by atoms with Crippen LogP contribution in [-0.2, 0) is 30.6 Å². The summed E-state index contributed by atoms with van der Waals surface area (Å²) in [5.41, 5.74) is 4.47. The first kappa shape index (κ1) is 26.3. The molecule has 1 aromatic heterocycles. The van der Waals surface area contributed by atoms with Crippen LogP contribution in [0.2, 0.25) is 0 Å². The normalized spacial score (nSPS) is 11.0. The molecule has 1 heterocycles. The third kappa shape index (κ3) is 7.59. The maximum Gasteiger partial charge on any atom is 0.224 e. The van der Waals surface area contributed by atoms with Crippen molar-refractivity contribution in [1.29, 1.82) is 0 Å². The third-order valence-corrected chi connectivity index (χ3v) is 6.57. The number of amides is 1. The highest BCUT2D eigenvalue weighted by Gasteiger charge is 2.11. The van der Waals surface area contributed by atoms with Crippen molar-refractivity contribution in [2.75, 3.05) is 20.3 Å². The Morgan fingerprint density at radius 1 is 0.892 bits per heavy atom. The summed E-state index contributed by atoms with van der Waals surface area (Å²) in [6, 6.07) is 24.2. The van der Waals surface area contributed by atoms with Crippen molar-refractivity contribution in [1.82, 2.24) is 14.9 Å². The van der Waals surface area contributed by atoms with E-state index in [9.17, 15) is 4.79 Å². The fourth-order valence-electron chi connectivity index (χ4n) is 4.45. The number of fused-ring (bicyclic) bond motifs is 1. The summed E-state index contributed by atoms with van der Waals surface area (Å²) in [5.74, 6) is 2.84. The van der Waals surface area contributed by atoms with Gasteiger partial charge in [0.1, 0.15) is 23.9 Å². The van der Waals surface area contributed by atoms with Crippen LogP contribution < -0.4 is 14.8 Å². The molecular weight excluding hydrogens is 462 g/mol. The molecule has 0 aliphatic rings. The van der Waals surface area contributed by atoms with E-state index >= 15 is 0 Å². The number of aryl methyl sites for hydroxylation is 2. The van der Waals surface area contributed by atoms with Gasteiger partial charge in [-0.1, -0.05) is 49.7 Å². The molecule has 1 amide bonds. The van der Waals surface area contributed by atoms with Crippen molar-refractivity contribution < 1.29 is 14.3 Å². The van der Waals surface area contributed by atoms with Crippen molar-refractivity contribution in [2.24, 2.45) is 0 Å². The molecule has 0 spiro atoms. The lowest BCUT2D eigenvalue weighted by Gasteiger charge is -2.11. The molecular formula is C31H37N3O3. The smallest absolute Gasteiger partial charge is 0.224 e. The summed E-state index contributed by atoms with van der Waals surface area (Å²) in [6.45, 7) is 4.20. The average molecular weight is 500 g/mol. The van der Waals surface area contributed by atoms with Gasteiger partial charge in [-0.2, -0.15) is 0 Å². The van der Waals surface area contributed by atoms with Gasteiger partial charge in [-0.15, -0.1) is 0 Å². The van der Waals surface area contributed by atoms with Crippen LogP contribution in [0, 0.1) is 0 Å². The van der Waals surface area contributed by atoms with E-state index in [1.807, 2.05) is 42.5 Å². The van der Waals surface area contributed by atoms with Gasteiger partial charge in [-0.3, -0.25) is 4.79 Å². The van der Waals surface area contributed by atoms with Crippen molar-refractivity contribution >= 4 is 16.9 Å². The summed E-state index contributed by atoms with van der Waals surface area (Å²) in [4.78, 5) is 17.1. The Kier molecular flexibility index (Phi) is 9.58. The average Bonchev–Trinajstić information content (AvgIpc) is 3.28. The molecule has 0 atom stereocenters. The van der Waals surface area contributed by atoms with E-state index in [1.54, 1.807) is 7.11 Å². The minimum atomic E-state index is 0.0521. The van der Waals surface area contributed by atoms with Gasteiger partial charge >= 0.3 is 0 Å². The Labute approximate surface area is 219 Å². The zero-order valence-corrected chi connectivity index (χ0v) is 21.9. The number of benzene rings is 3. The van der Waals surface area contributed by atoms with Gasteiger partial charge in [-0.25, -0.2) is 4.98 Å². The monoisotopic (exact) mass is 499 g/mol. The molecule has 0 aliphatic carbocycles. The van der Waals surface area contributed by atoms with Crippen molar-refractivity contribution in [3.05, 3.63) is 89.7 Å². The first-order chi connectivity index (χ1) is 18.2. The second-order valence-corrected chi connectivity index (χ2v) is 9.20. The predicted octanol–water partition coefficient (Wildman–Crippen LogP) is 5.76. The number of carbonyl (C=O) groups is 1. The number of para-hydroxylation sites is 2. The van der Waals surface area contributed by atoms with Crippen LogP contribution in [0.1, 0.15) is 43.1 Å². The van der Waals surface area contributed by atoms with Gasteiger partial charge in [0, 0.05) is 13.0 Å². The van der Waals surface area contributed by atoms with E-state index in [0.717, 1.165) is 72.6 Å². The molecule has 4 rings (SSSR count). The lowest BCUT2D eigenvalue weighted by molar-refractivity contribution is -0.120. The molecule has 0 fully saturated rings. The van der Waals surface area contributed by atoms with Gasteiger partial charge < -0.3 is 19.4 Å². The Bertz CT molecular complexity index is 1260. The van der Waals surface area contributed by atoms with Gasteiger partial charge in [0.05, 0.1) is 31.1 Å². The summed E-state index contributed by atoms with van der Waals surface area (Å²) >= 11 is 0. The van der Waals surface area contributed by atoms with Crippen LogP contribution in [0.4, 0.5) is 0 Å². The zero-order valence-electron chi connectivity index (χ0n) is 21.9. The van der Waals surface area contributed by atoms with E-state index in [4.69, 9.17) is 14.5 Å². The second kappa shape index (κ2) is 13.5. The number of imidazole rings is 1. The summed E-state index contributed by atoms with van der Waals surface area (Å²) in [7, 11) is 1.64. The zero-order chi connectivity index (χ0) is 25.9. The molecule has 0 unspecified atom stereocenters. The molecule has 0 radical (unpaired) electrons. The Hall–Kier alpha value is -3.80. The number of hydrogen-bond acceptors (Lipinski definition) is 4. The largest absolute Gasteiger partial charge is 0.497 e. The van der Waals surface area contributed by atoms with E-state index < -0.39 is 0 Å². The maximum absolute atomic E-state index is 12.2. The van der Waals surface area contributed by atoms with Crippen molar-refractivity contribution in [3.63, 3.8) is 0 Å². The molecule has 1 N–H and O–H groups in total. The maximum atomic E-state index is 12.2. The number of unbranched alkanes of at least 4 members (excludes halogenated alkanes) is 2. The first-order valence-electron chi connectivity index (χ1n) is 13.2. The predicted molar refractivity (Wildman–Crippen MR) is 148 cm³/mol. The highest BCUT2D eigenvalue weighted by molar-refractivity contribution is 5.78. The molecule has 0 aliphatic heterocycles. The molecule has 3 aromatic carbocycles. The van der Waals surface area contributed by atoms with Crippen LogP contribution in [0.25, 0.3) is 11.0 Å². The number of hydrogen-bond donors (Lipinski definition) is 1.